The highest BCUT2D eigenvalue weighted by molar-refractivity contribution is 5.84. The van der Waals surface area contributed by atoms with Crippen LogP contribution in [0, 0.1) is 0 Å². The fourth-order valence-corrected chi connectivity index (χ4v) is 2.39. The van der Waals surface area contributed by atoms with E-state index in [1.165, 1.54) is 0 Å². The van der Waals surface area contributed by atoms with Gasteiger partial charge in [-0.15, -0.1) is 0 Å². The van der Waals surface area contributed by atoms with Gasteiger partial charge in [-0.1, -0.05) is 6.07 Å². The predicted molar refractivity (Wildman–Crippen MR) is 82.2 cm³/mol. The number of hydrogen-bond donors (Lipinski definition) is 1. The third kappa shape index (κ3) is 2.56. The molecule has 0 atom stereocenters. The quantitative estimate of drug-likeness (QED) is 0.797. The molecule has 6 heteroatoms. The molecule has 2 heterocycles. The molecule has 0 aliphatic carbocycles. The molecule has 0 unspecified atom stereocenters. The molecule has 2 aromatic heterocycles. The van der Waals surface area contributed by atoms with Crippen molar-refractivity contribution in [1.82, 2.24) is 19.3 Å². The minimum atomic E-state index is 0.0975. The summed E-state index contributed by atoms with van der Waals surface area (Å²) in [5.41, 5.74) is 8.92. The molecule has 3 rings (SSSR count). The molecule has 1 aromatic carbocycles. The Kier molecular flexibility index (Phi) is 3.29. The van der Waals surface area contributed by atoms with Gasteiger partial charge in [0, 0.05) is 18.8 Å². The first-order valence-corrected chi connectivity index (χ1v) is 6.93. The van der Waals surface area contributed by atoms with Gasteiger partial charge < -0.3 is 15.0 Å². The van der Waals surface area contributed by atoms with Gasteiger partial charge in [0.05, 0.1) is 24.4 Å². The van der Waals surface area contributed by atoms with Gasteiger partial charge in [-0.2, -0.15) is 5.10 Å². The van der Waals surface area contributed by atoms with Crippen LogP contribution in [0.15, 0.2) is 30.6 Å². The molecular formula is C15H19N5O. The summed E-state index contributed by atoms with van der Waals surface area (Å²) < 4.78 is 9.55. The first-order valence-electron chi connectivity index (χ1n) is 6.93. The summed E-state index contributed by atoms with van der Waals surface area (Å²) in [6.07, 6.45) is 3.90. The summed E-state index contributed by atoms with van der Waals surface area (Å²) in [6.45, 7) is 4.63. The monoisotopic (exact) mass is 285 g/mol. The second-order valence-corrected chi connectivity index (χ2v) is 5.37. The molecule has 0 saturated carbocycles. The number of nitrogen functional groups attached to an aromatic ring is 1. The van der Waals surface area contributed by atoms with Crippen molar-refractivity contribution in [2.24, 2.45) is 7.05 Å². The van der Waals surface area contributed by atoms with Crippen LogP contribution in [0.3, 0.4) is 0 Å². The lowest BCUT2D eigenvalue weighted by atomic mass is 10.2. The van der Waals surface area contributed by atoms with Crippen LogP contribution < -0.4 is 10.5 Å². The van der Waals surface area contributed by atoms with Crippen molar-refractivity contribution in [3.63, 3.8) is 0 Å². The zero-order chi connectivity index (χ0) is 15.0. The molecule has 6 nitrogen and oxygen atoms in total. The molecule has 0 aliphatic heterocycles. The molecule has 0 aliphatic rings. The Morgan fingerprint density at radius 1 is 1.33 bits per heavy atom. The van der Waals surface area contributed by atoms with E-state index in [2.05, 4.69) is 10.1 Å². The maximum atomic E-state index is 6.08. The lowest BCUT2D eigenvalue weighted by molar-refractivity contribution is 0.245. The summed E-state index contributed by atoms with van der Waals surface area (Å²) in [5.74, 6) is 1.24. The lowest BCUT2D eigenvalue weighted by Gasteiger charge is -2.10. The summed E-state index contributed by atoms with van der Waals surface area (Å²) in [5, 5.41) is 4.18. The van der Waals surface area contributed by atoms with Crippen LogP contribution in [0.4, 0.5) is 5.95 Å². The second kappa shape index (κ2) is 5.12. The van der Waals surface area contributed by atoms with E-state index in [0.29, 0.717) is 12.5 Å². The zero-order valence-corrected chi connectivity index (χ0v) is 12.4. The van der Waals surface area contributed by atoms with Gasteiger partial charge in [0.2, 0.25) is 5.95 Å². The molecule has 110 valence electrons. The van der Waals surface area contributed by atoms with Crippen LogP contribution in [0.5, 0.6) is 5.75 Å². The maximum absolute atomic E-state index is 6.08. The highest BCUT2D eigenvalue weighted by Crippen LogP contribution is 2.28. The highest BCUT2D eigenvalue weighted by atomic mass is 16.5. The number of benzene rings is 1. The summed E-state index contributed by atoms with van der Waals surface area (Å²) >= 11 is 0. The van der Waals surface area contributed by atoms with Gasteiger partial charge in [-0.05, 0) is 26.0 Å². The van der Waals surface area contributed by atoms with Crippen molar-refractivity contribution in [2.75, 3.05) is 5.73 Å². The van der Waals surface area contributed by atoms with Crippen molar-refractivity contribution >= 4 is 17.0 Å². The van der Waals surface area contributed by atoms with Crippen LogP contribution in [0.1, 0.15) is 19.4 Å². The molecule has 0 amide bonds. The predicted octanol–water partition coefficient (Wildman–Crippen LogP) is 2.19. The summed E-state index contributed by atoms with van der Waals surface area (Å²) in [4.78, 5) is 4.46. The average molecular weight is 285 g/mol. The number of nitrogens with zero attached hydrogens (tertiary/aromatic N) is 4. The van der Waals surface area contributed by atoms with E-state index in [1.54, 1.807) is 4.68 Å². The Morgan fingerprint density at radius 3 is 2.81 bits per heavy atom. The third-order valence-electron chi connectivity index (χ3n) is 3.23. The maximum Gasteiger partial charge on any atom is 0.201 e. The van der Waals surface area contributed by atoms with E-state index in [-0.39, 0.29) is 6.10 Å². The fourth-order valence-electron chi connectivity index (χ4n) is 2.39. The first-order chi connectivity index (χ1) is 10.0. The van der Waals surface area contributed by atoms with E-state index >= 15 is 0 Å². The topological polar surface area (TPSA) is 70.9 Å². The van der Waals surface area contributed by atoms with Crippen LogP contribution >= 0.6 is 0 Å². The molecule has 0 bridgehead atoms. The number of hydrogen-bond acceptors (Lipinski definition) is 4. The lowest BCUT2D eigenvalue weighted by Crippen LogP contribution is -2.06. The van der Waals surface area contributed by atoms with Gasteiger partial charge in [-0.25, -0.2) is 4.98 Å². The van der Waals surface area contributed by atoms with E-state index in [1.807, 2.05) is 56.1 Å². The van der Waals surface area contributed by atoms with Gasteiger partial charge in [0.1, 0.15) is 11.3 Å². The van der Waals surface area contributed by atoms with Crippen molar-refractivity contribution in [1.29, 1.82) is 0 Å². The Hall–Kier alpha value is -2.50. The largest absolute Gasteiger partial charge is 0.489 e. The van der Waals surface area contributed by atoms with Crippen molar-refractivity contribution in [3.05, 3.63) is 36.2 Å². The van der Waals surface area contributed by atoms with Crippen LogP contribution in [0.2, 0.25) is 0 Å². The summed E-state index contributed by atoms with van der Waals surface area (Å²) in [7, 11) is 1.90. The highest BCUT2D eigenvalue weighted by Gasteiger charge is 2.14. The van der Waals surface area contributed by atoms with Crippen LogP contribution in [-0.4, -0.2) is 25.4 Å². The van der Waals surface area contributed by atoms with Crippen LogP contribution in [-0.2, 0) is 13.6 Å². The van der Waals surface area contributed by atoms with Gasteiger partial charge in [-0.3, -0.25) is 4.68 Å². The minimum absolute atomic E-state index is 0.0975. The number of rotatable bonds is 4. The number of aryl methyl sites for hydroxylation is 1. The van der Waals surface area contributed by atoms with Gasteiger partial charge in [0.15, 0.2) is 0 Å². The molecule has 3 aromatic rings. The Balaban J connectivity index is 2.05. The van der Waals surface area contributed by atoms with Gasteiger partial charge >= 0.3 is 0 Å². The molecule has 0 fully saturated rings. The average Bonchev–Trinajstić information content (AvgIpc) is 2.96. The summed E-state index contributed by atoms with van der Waals surface area (Å²) in [6, 6.07) is 5.88. The number of aromatic nitrogens is 4. The number of ether oxygens (including phenoxy) is 1. The smallest absolute Gasteiger partial charge is 0.201 e. The number of nitrogens with two attached hydrogens (primary N) is 1. The Morgan fingerprint density at radius 2 is 2.14 bits per heavy atom. The van der Waals surface area contributed by atoms with E-state index < -0.39 is 0 Å². The minimum Gasteiger partial charge on any atom is -0.489 e. The molecule has 0 spiro atoms. The molecule has 0 radical (unpaired) electrons. The van der Waals surface area contributed by atoms with E-state index in [0.717, 1.165) is 22.3 Å². The molecule has 21 heavy (non-hydrogen) atoms. The molecule has 2 N–H and O–H groups in total. The third-order valence-corrected chi connectivity index (χ3v) is 3.23. The van der Waals surface area contributed by atoms with Gasteiger partial charge in [0.25, 0.3) is 0 Å². The SMILES string of the molecule is CC(C)Oc1cccc2c1nc(N)n2Cc1cnn(C)c1. The number of anilines is 1. The Bertz CT molecular complexity index is 772. The number of fused-ring (bicyclic) bond motifs is 1. The van der Waals surface area contributed by atoms with E-state index in [4.69, 9.17) is 10.5 Å². The zero-order valence-electron chi connectivity index (χ0n) is 12.4. The van der Waals surface area contributed by atoms with Crippen molar-refractivity contribution in [3.8, 4) is 5.75 Å². The number of para-hydroxylation sites is 1. The van der Waals surface area contributed by atoms with Crippen molar-refractivity contribution in [2.45, 2.75) is 26.5 Å². The first kappa shape index (κ1) is 13.5. The standard InChI is InChI=1S/C15H19N5O/c1-10(2)21-13-6-4-5-12-14(13)18-15(16)20(12)9-11-7-17-19(3)8-11/h4-8,10H,9H2,1-3H3,(H2,16,18). The van der Waals surface area contributed by atoms with Crippen molar-refractivity contribution < 1.29 is 4.74 Å². The fraction of sp³-hybridized carbons (Fsp3) is 0.333. The Labute approximate surface area is 123 Å². The molecular weight excluding hydrogens is 266 g/mol. The van der Waals surface area contributed by atoms with Crippen LogP contribution in [0.25, 0.3) is 11.0 Å². The van der Waals surface area contributed by atoms with E-state index in [9.17, 15) is 0 Å². The molecule has 0 saturated heterocycles. The number of imidazole rings is 1. The normalized spacial score (nSPS) is 11.4. The second-order valence-electron chi connectivity index (χ2n) is 5.37.